The molecule has 4 aromatic rings. The van der Waals surface area contributed by atoms with Crippen LogP contribution in [0.1, 0.15) is 17.0 Å². The molecule has 3 aromatic carbocycles. The van der Waals surface area contributed by atoms with E-state index in [0.29, 0.717) is 32.4 Å². The van der Waals surface area contributed by atoms with Crippen molar-refractivity contribution in [3.8, 4) is 11.3 Å². The molecule has 1 aromatic heterocycles. The first-order chi connectivity index (χ1) is 14.0. The van der Waals surface area contributed by atoms with Crippen molar-refractivity contribution in [2.75, 3.05) is 6.54 Å². The smallest absolute Gasteiger partial charge is 0.214 e. The van der Waals surface area contributed by atoms with Crippen molar-refractivity contribution < 1.29 is 10.1 Å². The lowest BCUT2D eigenvalue weighted by atomic mass is 9.87. The van der Waals surface area contributed by atoms with Crippen LogP contribution in [-0.4, -0.2) is 21.4 Å². The van der Waals surface area contributed by atoms with Gasteiger partial charge in [0.05, 0.1) is 17.1 Å². The lowest BCUT2D eigenvalue weighted by Crippen LogP contribution is -2.15. The van der Waals surface area contributed by atoms with Crippen molar-refractivity contribution in [3.05, 3.63) is 104 Å². The van der Waals surface area contributed by atoms with Crippen molar-refractivity contribution in [1.82, 2.24) is 4.73 Å². The van der Waals surface area contributed by atoms with Crippen LogP contribution in [0.4, 0.5) is 0 Å². The Kier molecular flexibility index (Phi) is 5.18. The van der Waals surface area contributed by atoms with Gasteiger partial charge in [0.15, 0.2) is 0 Å². The molecule has 0 fully saturated rings. The molecule has 5 nitrogen and oxygen atoms in total. The number of hydrogen-bond acceptors (Lipinski definition) is 3. The molecule has 7 heteroatoms. The second kappa shape index (κ2) is 7.78. The number of benzene rings is 3. The van der Waals surface area contributed by atoms with E-state index in [1.807, 2.05) is 48.5 Å². The third kappa shape index (κ3) is 3.55. The minimum Gasteiger partial charge on any atom is -0.428 e. The molecule has 1 N–H and O–H groups in total. The molecule has 0 aliphatic heterocycles. The Labute approximate surface area is 176 Å². The van der Waals surface area contributed by atoms with E-state index in [4.69, 9.17) is 23.2 Å². The fourth-order valence-electron chi connectivity index (χ4n) is 3.75. The Morgan fingerprint density at radius 2 is 1.69 bits per heavy atom. The number of halogens is 2. The predicted molar refractivity (Wildman–Crippen MR) is 115 cm³/mol. The van der Waals surface area contributed by atoms with Crippen molar-refractivity contribution >= 4 is 34.1 Å². The number of nitro groups is 1. The third-order valence-electron chi connectivity index (χ3n) is 4.95. The van der Waals surface area contributed by atoms with E-state index >= 15 is 0 Å². The maximum atomic E-state index is 11.6. The van der Waals surface area contributed by atoms with E-state index in [0.717, 1.165) is 15.7 Å². The summed E-state index contributed by atoms with van der Waals surface area (Å²) in [5.74, 6) is -0.678. The number of hydrogen-bond donors (Lipinski definition) is 1. The highest BCUT2D eigenvalue weighted by Gasteiger charge is 2.31. The van der Waals surface area contributed by atoms with Gasteiger partial charge in [-0.15, -0.1) is 0 Å². The maximum Gasteiger partial charge on any atom is 0.214 e. The van der Waals surface area contributed by atoms with Gasteiger partial charge in [0.2, 0.25) is 6.54 Å². The number of para-hydroxylation sites is 1. The summed E-state index contributed by atoms with van der Waals surface area (Å²) in [6, 6.07) is 21.5. The van der Waals surface area contributed by atoms with Crippen molar-refractivity contribution in [2.45, 2.75) is 5.92 Å². The number of rotatable bonds is 5. The SMILES string of the molecule is O=[N+]([O-])C[C@H](c1ccc(Cl)cc1Cl)c1c(-c2ccccc2)n(O)c2ccccc12. The average molecular weight is 427 g/mol. The number of fused-ring (bicyclic) bond motifs is 1. The van der Waals surface area contributed by atoms with Gasteiger partial charge in [-0.1, -0.05) is 77.8 Å². The van der Waals surface area contributed by atoms with Crippen LogP contribution >= 0.6 is 23.2 Å². The van der Waals surface area contributed by atoms with Crippen LogP contribution in [0.3, 0.4) is 0 Å². The van der Waals surface area contributed by atoms with Crippen LogP contribution in [-0.2, 0) is 0 Å². The molecule has 0 aliphatic rings. The quantitative estimate of drug-likeness (QED) is 0.232. The molecule has 0 amide bonds. The van der Waals surface area contributed by atoms with Crippen LogP contribution in [0.2, 0.25) is 10.0 Å². The summed E-state index contributed by atoms with van der Waals surface area (Å²) in [5, 5.41) is 24.1. The molecule has 4 rings (SSSR count). The molecule has 0 saturated carbocycles. The largest absolute Gasteiger partial charge is 0.428 e. The van der Waals surface area contributed by atoms with Gasteiger partial charge in [0.1, 0.15) is 0 Å². The Bertz CT molecular complexity index is 1210. The molecule has 0 bridgehead atoms. The highest BCUT2D eigenvalue weighted by Crippen LogP contribution is 2.42. The van der Waals surface area contributed by atoms with Crippen molar-refractivity contribution in [1.29, 1.82) is 0 Å². The zero-order valence-corrected chi connectivity index (χ0v) is 16.6. The van der Waals surface area contributed by atoms with E-state index in [2.05, 4.69) is 0 Å². The molecule has 0 unspecified atom stereocenters. The average Bonchev–Trinajstić information content (AvgIpc) is 3.00. The Morgan fingerprint density at radius 1 is 1.00 bits per heavy atom. The monoisotopic (exact) mass is 426 g/mol. The van der Waals surface area contributed by atoms with Crippen LogP contribution in [0.15, 0.2) is 72.8 Å². The Morgan fingerprint density at radius 3 is 2.38 bits per heavy atom. The van der Waals surface area contributed by atoms with Gasteiger partial charge < -0.3 is 5.21 Å². The molecule has 0 aliphatic carbocycles. The summed E-state index contributed by atoms with van der Waals surface area (Å²) >= 11 is 12.5. The lowest BCUT2D eigenvalue weighted by molar-refractivity contribution is -0.481. The minimum absolute atomic E-state index is 0.345. The first-order valence-corrected chi connectivity index (χ1v) is 9.67. The summed E-state index contributed by atoms with van der Waals surface area (Å²) in [5.41, 5.74) is 3.06. The summed E-state index contributed by atoms with van der Waals surface area (Å²) < 4.78 is 1.09. The molecule has 1 atom stereocenters. The van der Waals surface area contributed by atoms with Gasteiger partial charge in [-0.2, -0.15) is 4.73 Å². The number of nitrogens with zero attached hydrogens (tertiary/aromatic N) is 2. The second-order valence-electron chi connectivity index (χ2n) is 6.69. The van der Waals surface area contributed by atoms with Crippen molar-refractivity contribution in [2.24, 2.45) is 0 Å². The van der Waals surface area contributed by atoms with Crippen molar-refractivity contribution in [3.63, 3.8) is 0 Å². The zero-order chi connectivity index (χ0) is 20.5. The topological polar surface area (TPSA) is 68.3 Å². The molecule has 29 heavy (non-hydrogen) atoms. The van der Waals surface area contributed by atoms with E-state index in [1.54, 1.807) is 24.3 Å². The molecule has 0 saturated heterocycles. The van der Waals surface area contributed by atoms with E-state index < -0.39 is 5.92 Å². The van der Waals surface area contributed by atoms with Gasteiger partial charge in [-0.3, -0.25) is 10.1 Å². The molecular formula is C22H16Cl2N2O3. The summed E-state index contributed by atoms with van der Waals surface area (Å²) in [6.45, 7) is -0.380. The van der Waals surface area contributed by atoms with Gasteiger partial charge in [-0.25, -0.2) is 0 Å². The highest BCUT2D eigenvalue weighted by molar-refractivity contribution is 6.35. The van der Waals surface area contributed by atoms with E-state index in [-0.39, 0.29) is 11.5 Å². The van der Waals surface area contributed by atoms with Gasteiger partial charge in [0, 0.05) is 31.5 Å². The van der Waals surface area contributed by atoms with Gasteiger partial charge in [0.25, 0.3) is 0 Å². The molecule has 0 radical (unpaired) electrons. The maximum absolute atomic E-state index is 11.6. The minimum atomic E-state index is -0.678. The van der Waals surface area contributed by atoms with E-state index in [1.165, 1.54) is 0 Å². The van der Waals surface area contributed by atoms with E-state index in [9.17, 15) is 15.3 Å². The normalized spacial score (nSPS) is 12.2. The zero-order valence-electron chi connectivity index (χ0n) is 15.1. The second-order valence-corrected chi connectivity index (χ2v) is 7.53. The van der Waals surface area contributed by atoms with Gasteiger partial charge in [-0.05, 0) is 23.8 Å². The molecule has 1 heterocycles. The van der Waals surface area contributed by atoms with Crippen LogP contribution < -0.4 is 0 Å². The summed E-state index contributed by atoms with van der Waals surface area (Å²) in [4.78, 5) is 11.2. The fourth-order valence-corrected chi connectivity index (χ4v) is 4.29. The van der Waals surface area contributed by atoms with Gasteiger partial charge >= 0.3 is 0 Å². The van der Waals surface area contributed by atoms with Crippen LogP contribution in [0, 0.1) is 10.1 Å². The number of aromatic nitrogens is 1. The lowest BCUT2D eigenvalue weighted by Gasteiger charge is -2.17. The highest BCUT2D eigenvalue weighted by atomic mass is 35.5. The van der Waals surface area contributed by atoms with Crippen LogP contribution in [0.25, 0.3) is 22.2 Å². The first-order valence-electron chi connectivity index (χ1n) is 8.92. The summed E-state index contributed by atoms with van der Waals surface area (Å²) in [7, 11) is 0. The standard InChI is InChI=1S/C22H16Cl2N2O3/c23-15-10-11-16(19(24)12-15)18(13-25(27)28)21-17-8-4-5-9-20(17)26(29)22(21)14-6-2-1-3-7-14/h1-12,18,29H,13H2/t18-/m1/s1. The molecular weight excluding hydrogens is 411 g/mol. The first kappa shape index (κ1) is 19.3. The third-order valence-corrected chi connectivity index (χ3v) is 5.52. The fraction of sp³-hybridized carbons (Fsp3) is 0.0909. The summed E-state index contributed by atoms with van der Waals surface area (Å²) in [6.07, 6.45) is 0. The molecule has 146 valence electrons. The Balaban J connectivity index is 2.07. The predicted octanol–water partition coefficient (Wildman–Crippen LogP) is 6.26. The van der Waals surface area contributed by atoms with Crippen LogP contribution in [0.5, 0.6) is 0 Å². The molecule has 0 spiro atoms. The Hall–Kier alpha value is -3.02.